The van der Waals surface area contributed by atoms with E-state index in [1.54, 1.807) is 41.2 Å². The summed E-state index contributed by atoms with van der Waals surface area (Å²) in [6.45, 7) is 1.67. The molecule has 0 radical (unpaired) electrons. The molecule has 8 nitrogen and oxygen atoms in total. The fraction of sp³-hybridized carbons (Fsp3) is 0.0909. The van der Waals surface area contributed by atoms with E-state index in [2.05, 4.69) is 15.5 Å². The minimum atomic E-state index is -0.429. The van der Waals surface area contributed by atoms with E-state index in [9.17, 15) is 14.0 Å². The van der Waals surface area contributed by atoms with Crippen molar-refractivity contribution in [3.05, 3.63) is 88.9 Å². The lowest BCUT2D eigenvalue weighted by atomic mass is 10.1. The van der Waals surface area contributed by atoms with E-state index in [4.69, 9.17) is 0 Å². The highest BCUT2D eigenvalue weighted by atomic mass is 19.1. The molecule has 0 fully saturated rings. The molecule has 1 N–H and O–H groups in total. The minimum absolute atomic E-state index is 0.222. The van der Waals surface area contributed by atoms with Crippen LogP contribution in [0.5, 0.6) is 0 Å². The van der Waals surface area contributed by atoms with Gasteiger partial charge in [0.15, 0.2) is 5.65 Å². The van der Waals surface area contributed by atoms with Gasteiger partial charge in [-0.05, 0) is 48.9 Å². The third-order valence-corrected chi connectivity index (χ3v) is 5.04. The molecule has 3 aromatic heterocycles. The van der Waals surface area contributed by atoms with Gasteiger partial charge in [-0.15, -0.1) is 5.10 Å². The molecule has 0 spiro atoms. The molecule has 5 aromatic rings. The lowest BCUT2D eigenvalue weighted by molar-refractivity contribution is -0.117. The maximum atomic E-state index is 13.2. The van der Waals surface area contributed by atoms with Crippen LogP contribution in [0.15, 0.2) is 71.8 Å². The van der Waals surface area contributed by atoms with E-state index in [1.807, 2.05) is 25.1 Å². The Kier molecular flexibility index (Phi) is 4.36. The normalized spacial score (nSPS) is 11.3. The summed E-state index contributed by atoms with van der Waals surface area (Å²) in [4.78, 5) is 25.2. The number of rotatable bonds is 4. The third-order valence-electron chi connectivity index (χ3n) is 5.04. The number of fused-ring (bicyclic) bond motifs is 3. The second kappa shape index (κ2) is 7.21. The number of anilines is 1. The average molecular weight is 416 g/mol. The van der Waals surface area contributed by atoms with Gasteiger partial charge in [-0.3, -0.25) is 4.79 Å². The lowest BCUT2D eigenvalue weighted by Gasteiger charge is -2.07. The van der Waals surface area contributed by atoms with E-state index < -0.39 is 5.69 Å². The number of amides is 1. The maximum absolute atomic E-state index is 13.2. The second-order valence-electron chi connectivity index (χ2n) is 7.16. The van der Waals surface area contributed by atoms with Gasteiger partial charge < -0.3 is 5.32 Å². The Morgan fingerprint density at radius 3 is 2.61 bits per heavy atom. The number of nitrogens with one attached hydrogen (secondary N) is 1. The summed E-state index contributed by atoms with van der Waals surface area (Å²) in [6, 6.07) is 15.2. The number of halogens is 1. The number of benzene rings is 2. The number of aromatic nitrogens is 5. The van der Waals surface area contributed by atoms with Crippen molar-refractivity contribution in [2.45, 2.75) is 13.5 Å². The average Bonchev–Trinajstić information content (AvgIpc) is 3.32. The number of hydrogen-bond donors (Lipinski definition) is 1. The zero-order valence-corrected chi connectivity index (χ0v) is 16.5. The number of hydrogen-bond acceptors (Lipinski definition) is 4. The molecule has 154 valence electrons. The molecule has 0 bridgehead atoms. The van der Waals surface area contributed by atoms with Gasteiger partial charge in [-0.2, -0.15) is 5.10 Å². The van der Waals surface area contributed by atoms with Crippen LogP contribution in [0.25, 0.3) is 22.4 Å². The molecular weight excluding hydrogens is 399 g/mol. The van der Waals surface area contributed by atoms with Crippen LogP contribution in [0.2, 0.25) is 0 Å². The SMILES string of the molecule is Cc1ccccc1NC(=O)Cn1nc2c3cc(-c4ccc(F)cc4)nn3ccn2c1=O. The van der Waals surface area contributed by atoms with Gasteiger partial charge in [-0.25, -0.2) is 22.8 Å². The predicted molar refractivity (Wildman–Crippen MR) is 113 cm³/mol. The number of para-hydroxylation sites is 1. The summed E-state index contributed by atoms with van der Waals surface area (Å²) in [5, 5.41) is 11.6. The van der Waals surface area contributed by atoms with Crippen molar-refractivity contribution in [2.24, 2.45) is 0 Å². The highest BCUT2D eigenvalue weighted by molar-refractivity contribution is 5.91. The van der Waals surface area contributed by atoms with Crippen molar-refractivity contribution in [3.8, 4) is 11.3 Å². The number of carbonyl (C=O) groups excluding carboxylic acids is 1. The molecule has 5 rings (SSSR count). The number of carbonyl (C=O) groups is 1. The molecule has 0 unspecified atom stereocenters. The Labute approximate surface area is 175 Å². The van der Waals surface area contributed by atoms with E-state index in [-0.39, 0.29) is 18.3 Å². The molecule has 3 heterocycles. The highest BCUT2D eigenvalue weighted by Crippen LogP contribution is 2.21. The first-order valence-corrected chi connectivity index (χ1v) is 9.58. The quantitative estimate of drug-likeness (QED) is 0.488. The zero-order chi connectivity index (χ0) is 21.5. The summed E-state index contributed by atoms with van der Waals surface area (Å²) < 4.78 is 17.3. The first-order chi connectivity index (χ1) is 15.0. The van der Waals surface area contributed by atoms with Crippen LogP contribution in [0.4, 0.5) is 10.1 Å². The zero-order valence-electron chi connectivity index (χ0n) is 16.5. The molecule has 0 saturated carbocycles. The first kappa shape index (κ1) is 18.7. The largest absolute Gasteiger partial charge is 0.350 e. The van der Waals surface area contributed by atoms with Crippen LogP contribution in [-0.2, 0) is 11.3 Å². The van der Waals surface area contributed by atoms with Crippen LogP contribution in [0.1, 0.15) is 5.56 Å². The van der Waals surface area contributed by atoms with Crippen LogP contribution in [-0.4, -0.2) is 29.7 Å². The Morgan fingerprint density at radius 2 is 1.84 bits per heavy atom. The summed E-state index contributed by atoms with van der Waals surface area (Å²) in [6.07, 6.45) is 3.19. The van der Waals surface area contributed by atoms with Crippen LogP contribution >= 0.6 is 0 Å². The van der Waals surface area contributed by atoms with Gasteiger partial charge in [0.25, 0.3) is 0 Å². The number of aryl methyl sites for hydroxylation is 1. The molecule has 0 saturated heterocycles. The summed E-state index contributed by atoms with van der Waals surface area (Å²) in [5.41, 5.74) is 3.50. The minimum Gasteiger partial charge on any atom is -0.324 e. The van der Waals surface area contributed by atoms with Gasteiger partial charge in [0.2, 0.25) is 5.91 Å². The van der Waals surface area contributed by atoms with Crippen molar-refractivity contribution in [1.82, 2.24) is 23.8 Å². The molecule has 9 heteroatoms. The van der Waals surface area contributed by atoms with Crippen LogP contribution < -0.4 is 11.0 Å². The van der Waals surface area contributed by atoms with Crippen molar-refractivity contribution in [3.63, 3.8) is 0 Å². The van der Waals surface area contributed by atoms with Gasteiger partial charge in [0.1, 0.15) is 17.9 Å². The fourth-order valence-corrected chi connectivity index (χ4v) is 3.44. The molecule has 0 aliphatic heterocycles. The third kappa shape index (κ3) is 3.35. The molecule has 31 heavy (non-hydrogen) atoms. The summed E-state index contributed by atoms with van der Waals surface area (Å²) >= 11 is 0. The Bertz CT molecular complexity index is 1500. The van der Waals surface area contributed by atoms with Gasteiger partial charge in [0.05, 0.1) is 5.69 Å². The molecular formula is C22H17FN6O2. The van der Waals surface area contributed by atoms with Crippen LogP contribution in [0.3, 0.4) is 0 Å². The maximum Gasteiger partial charge on any atom is 0.350 e. The van der Waals surface area contributed by atoms with Crippen molar-refractivity contribution < 1.29 is 9.18 Å². The Hall–Kier alpha value is -4.27. The van der Waals surface area contributed by atoms with Crippen molar-refractivity contribution >= 4 is 22.8 Å². The van der Waals surface area contributed by atoms with E-state index in [1.165, 1.54) is 16.5 Å². The van der Waals surface area contributed by atoms with Gasteiger partial charge in [0, 0.05) is 23.6 Å². The Morgan fingerprint density at radius 1 is 1.06 bits per heavy atom. The van der Waals surface area contributed by atoms with Gasteiger partial charge >= 0.3 is 5.69 Å². The molecule has 0 atom stereocenters. The van der Waals surface area contributed by atoms with Crippen molar-refractivity contribution in [2.75, 3.05) is 5.32 Å². The molecule has 0 aliphatic carbocycles. The summed E-state index contributed by atoms with van der Waals surface area (Å²) in [7, 11) is 0. The Balaban J connectivity index is 1.50. The fourth-order valence-electron chi connectivity index (χ4n) is 3.44. The molecule has 1 amide bonds. The smallest absolute Gasteiger partial charge is 0.324 e. The number of nitrogens with zero attached hydrogens (tertiary/aromatic N) is 5. The topological polar surface area (TPSA) is 85.7 Å². The molecule has 2 aromatic carbocycles. The second-order valence-corrected chi connectivity index (χ2v) is 7.16. The van der Waals surface area contributed by atoms with Crippen molar-refractivity contribution in [1.29, 1.82) is 0 Å². The van der Waals surface area contributed by atoms with Gasteiger partial charge in [-0.1, -0.05) is 18.2 Å². The lowest BCUT2D eigenvalue weighted by Crippen LogP contribution is -2.28. The van der Waals surface area contributed by atoms with E-state index in [0.29, 0.717) is 22.5 Å². The first-order valence-electron chi connectivity index (χ1n) is 9.58. The highest BCUT2D eigenvalue weighted by Gasteiger charge is 2.15. The molecule has 0 aliphatic rings. The standard InChI is InChI=1S/C22H17FN6O2/c1-14-4-2-3-5-17(14)24-20(30)13-29-22(31)27-10-11-28-19(21(27)26-29)12-18(25-28)15-6-8-16(23)9-7-15/h2-12H,13H2,1H3,(H,24,30). The van der Waals surface area contributed by atoms with E-state index in [0.717, 1.165) is 15.8 Å². The van der Waals surface area contributed by atoms with E-state index >= 15 is 0 Å². The predicted octanol–water partition coefficient (Wildman–Crippen LogP) is 2.90. The van der Waals surface area contributed by atoms with Crippen LogP contribution in [0, 0.1) is 12.7 Å². The monoisotopic (exact) mass is 416 g/mol. The summed E-state index contributed by atoms with van der Waals surface area (Å²) in [5.74, 6) is -0.680.